The lowest BCUT2D eigenvalue weighted by atomic mass is 10.1. The molecule has 1 heterocycles. The van der Waals surface area contributed by atoms with Gasteiger partial charge in [0.25, 0.3) is 5.95 Å². The highest BCUT2D eigenvalue weighted by atomic mass is 35.5. The second kappa shape index (κ2) is 10.2. The van der Waals surface area contributed by atoms with Gasteiger partial charge in [-0.2, -0.15) is 5.10 Å². The average molecular weight is 414 g/mol. The number of rotatable bonds is 10. The van der Waals surface area contributed by atoms with E-state index in [1.165, 1.54) is 4.68 Å². The topological polar surface area (TPSA) is 93.6 Å². The molecule has 0 saturated heterocycles. The molecule has 2 aromatic rings. The van der Waals surface area contributed by atoms with Gasteiger partial charge in [0.15, 0.2) is 5.82 Å². The lowest BCUT2D eigenvalue weighted by Crippen LogP contribution is -2.28. The van der Waals surface area contributed by atoms with Crippen LogP contribution in [0.3, 0.4) is 0 Å². The summed E-state index contributed by atoms with van der Waals surface area (Å²) in [5.41, 5.74) is 5.71. The van der Waals surface area contributed by atoms with Gasteiger partial charge in [-0.15, -0.1) is 33.4 Å². The first-order chi connectivity index (χ1) is 13.0. The minimum absolute atomic E-state index is 0.360. The van der Waals surface area contributed by atoms with Gasteiger partial charge in [-0.05, 0) is 38.5 Å². The molecule has 0 bridgehead atoms. The Labute approximate surface area is 169 Å². The van der Waals surface area contributed by atoms with E-state index in [1.807, 2.05) is 19.9 Å². The number of nitrogen functional groups attached to an aromatic ring is 1. The largest absolute Gasteiger partial charge is 0.492 e. The molecule has 0 radical (unpaired) electrons. The zero-order valence-corrected chi connectivity index (χ0v) is 17.3. The van der Waals surface area contributed by atoms with E-state index in [2.05, 4.69) is 31.7 Å². The highest BCUT2D eigenvalue weighted by molar-refractivity contribution is 6.18. The molecule has 0 aliphatic rings. The highest BCUT2D eigenvalue weighted by Gasteiger charge is 2.14. The first-order valence-corrected chi connectivity index (χ1v) is 9.69. The van der Waals surface area contributed by atoms with Gasteiger partial charge in [-0.25, -0.2) is 10.1 Å². The van der Waals surface area contributed by atoms with Crippen molar-refractivity contribution in [2.24, 2.45) is 5.10 Å². The third-order valence-corrected chi connectivity index (χ3v) is 4.27. The summed E-state index contributed by atoms with van der Waals surface area (Å²) in [7, 11) is 0. The number of nitrogens with one attached hydrogen (secondary N) is 1. The van der Waals surface area contributed by atoms with E-state index >= 15 is 0 Å². The number of aromatic nitrogens is 3. The predicted octanol–water partition coefficient (Wildman–Crippen LogP) is 2.74. The molecule has 0 aliphatic heterocycles. The number of aryl methyl sites for hydroxylation is 2. The van der Waals surface area contributed by atoms with Crippen LogP contribution in [-0.2, 0) is 0 Å². The third-order valence-electron chi connectivity index (χ3n) is 3.93. The number of ether oxygens (including phenoxy) is 1. The Balaban J connectivity index is 2.27. The van der Waals surface area contributed by atoms with E-state index in [4.69, 9.17) is 33.8 Å². The zero-order valence-electron chi connectivity index (χ0n) is 15.7. The second-order valence-corrected chi connectivity index (χ2v) is 6.54. The SMILES string of the molecule is CCOc1cc(/C=N\Nc2nnc(C)n2N)c(C)cc1N(CCCl)CCCl. The number of alkyl halides is 2. The number of hydrazone groups is 1. The van der Waals surface area contributed by atoms with Crippen LogP contribution < -0.4 is 20.9 Å². The van der Waals surface area contributed by atoms with Gasteiger partial charge in [-0.3, -0.25) is 0 Å². The Morgan fingerprint density at radius 3 is 2.52 bits per heavy atom. The molecule has 1 aromatic carbocycles. The maximum absolute atomic E-state index is 5.95. The van der Waals surface area contributed by atoms with Gasteiger partial charge >= 0.3 is 0 Å². The maximum Gasteiger partial charge on any atom is 0.263 e. The Hall–Kier alpha value is -2.19. The number of anilines is 2. The van der Waals surface area contributed by atoms with Gasteiger partial charge in [0.2, 0.25) is 0 Å². The van der Waals surface area contributed by atoms with Crippen molar-refractivity contribution in [3.63, 3.8) is 0 Å². The van der Waals surface area contributed by atoms with Crippen molar-refractivity contribution in [1.29, 1.82) is 0 Å². The van der Waals surface area contributed by atoms with Crippen molar-refractivity contribution < 1.29 is 4.74 Å². The lowest BCUT2D eigenvalue weighted by Gasteiger charge is -2.26. The monoisotopic (exact) mass is 413 g/mol. The van der Waals surface area contributed by atoms with Crippen LogP contribution in [0.1, 0.15) is 23.9 Å². The van der Waals surface area contributed by atoms with Crippen LogP contribution in [0.2, 0.25) is 0 Å². The Morgan fingerprint density at radius 1 is 1.26 bits per heavy atom. The smallest absolute Gasteiger partial charge is 0.263 e. The Bertz CT molecular complexity index is 773. The maximum atomic E-state index is 5.95. The molecular formula is C17H25Cl2N7O. The Kier molecular flexibility index (Phi) is 7.99. The van der Waals surface area contributed by atoms with Crippen LogP contribution in [0.15, 0.2) is 17.2 Å². The van der Waals surface area contributed by atoms with Gasteiger partial charge < -0.3 is 15.5 Å². The number of hydrogen-bond acceptors (Lipinski definition) is 7. The summed E-state index contributed by atoms with van der Waals surface area (Å²) in [5, 5.41) is 12.0. The number of hydrogen-bond donors (Lipinski definition) is 2. The highest BCUT2D eigenvalue weighted by Crippen LogP contribution is 2.31. The van der Waals surface area contributed by atoms with E-state index in [0.29, 0.717) is 43.2 Å². The number of benzene rings is 1. The minimum atomic E-state index is 0.360. The van der Waals surface area contributed by atoms with Crippen LogP contribution in [0.4, 0.5) is 11.6 Å². The molecule has 148 valence electrons. The van der Waals surface area contributed by atoms with Crippen molar-refractivity contribution in [3.8, 4) is 5.75 Å². The molecule has 10 heteroatoms. The predicted molar refractivity (Wildman–Crippen MR) is 112 cm³/mol. The van der Waals surface area contributed by atoms with Crippen molar-refractivity contribution >= 4 is 41.1 Å². The van der Waals surface area contributed by atoms with Crippen LogP contribution in [-0.4, -0.2) is 52.5 Å². The van der Waals surface area contributed by atoms with E-state index in [-0.39, 0.29) is 0 Å². The molecule has 0 amide bonds. The fraction of sp³-hybridized carbons (Fsp3) is 0.471. The number of nitrogens with two attached hydrogens (primary N) is 1. The minimum Gasteiger partial charge on any atom is -0.492 e. The molecule has 8 nitrogen and oxygen atoms in total. The molecule has 0 atom stereocenters. The fourth-order valence-electron chi connectivity index (χ4n) is 2.51. The van der Waals surface area contributed by atoms with Gasteiger partial charge in [0.05, 0.1) is 18.5 Å². The fourth-order valence-corrected chi connectivity index (χ4v) is 2.92. The first kappa shape index (κ1) is 21.1. The van der Waals surface area contributed by atoms with Crippen molar-refractivity contribution in [3.05, 3.63) is 29.1 Å². The molecule has 2 rings (SSSR count). The number of nitrogens with zero attached hydrogens (tertiary/aromatic N) is 5. The molecule has 0 aliphatic carbocycles. The first-order valence-electron chi connectivity index (χ1n) is 8.62. The van der Waals surface area contributed by atoms with Crippen LogP contribution in [0.5, 0.6) is 5.75 Å². The average Bonchev–Trinajstić information content (AvgIpc) is 2.96. The van der Waals surface area contributed by atoms with Crippen LogP contribution in [0, 0.1) is 13.8 Å². The summed E-state index contributed by atoms with van der Waals surface area (Å²) >= 11 is 11.9. The summed E-state index contributed by atoms with van der Waals surface area (Å²) in [5.74, 6) is 8.52. The zero-order chi connectivity index (χ0) is 19.8. The molecule has 27 heavy (non-hydrogen) atoms. The van der Waals surface area contributed by atoms with Crippen molar-refractivity contribution in [1.82, 2.24) is 14.9 Å². The second-order valence-electron chi connectivity index (χ2n) is 5.79. The summed E-state index contributed by atoms with van der Waals surface area (Å²) in [6, 6.07) is 4.01. The summed E-state index contributed by atoms with van der Waals surface area (Å²) in [4.78, 5) is 2.12. The lowest BCUT2D eigenvalue weighted by molar-refractivity contribution is 0.340. The van der Waals surface area contributed by atoms with Crippen molar-refractivity contribution in [2.75, 3.05) is 47.6 Å². The van der Waals surface area contributed by atoms with Crippen molar-refractivity contribution in [2.45, 2.75) is 20.8 Å². The van der Waals surface area contributed by atoms with E-state index in [9.17, 15) is 0 Å². The standard InChI is InChI=1S/C17H25Cl2N7O/c1-4-27-16-10-14(11-21-23-17-24-22-13(3)26(17)20)12(2)9-15(16)25(7-5-18)8-6-19/h9-11H,4-8,20H2,1-3H3,(H,23,24)/b21-11-. The molecule has 0 spiro atoms. The number of halogens is 2. The summed E-state index contributed by atoms with van der Waals surface area (Å²) < 4.78 is 7.17. The molecule has 0 fully saturated rings. The van der Waals surface area contributed by atoms with E-state index < -0.39 is 0 Å². The van der Waals surface area contributed by atoms with Crippen LogP contribution in [0.25, 0.3) is 0 Å². The molecule has 0 saturated carbocycles. The van der Waals surface area contributed by atoms with E-state index in [1.54, 1.807) is 13.1 Å². The summed E-state index contributed by atoms with van der Waals surface area (Å²) in [6.45, 7) is 7.64. The molecular weight excluding hydrogens is 389 g/mol. The van der Waals surface area contributed by atoms with Gasteiger partial charge in [0, 0.05) is 30.4 Å². The summed E-state index contributed by atoms with van der Waals surface area (Å²) in [6.07, 6.45) is 1.69. The third kappa shape index (κ3) is 5.40. The Morgan fingerprint density at radius 2 is 1.96 bits per heavy atom. The normalized spacial score (nSPS) is 11.1. The quantitative estimate of drug-likeness (QED) is 0.269. The van der Waals surface area contributed by atoms with Gasteiger partial charge in [-0.1, -0.05) is 0 Å². The van der Waals surface area contributed by atoms with E-state index in [0.717, 1.165) is 22.6 Å². The molecule has 3 N–H and O–H groups in total. The molecule has 0 unspecified atom stereocenters. The van der Waals surface area contributed by atoms with Gasteiger partial charge in [0.1, 0.15) is 5.75 Å². The van der Waals surface area contributed by atoms with Crippen LogP contribution >= 0.6 is 23.2 Å². The molecule has 1 aromatic heterocycles.